The Balaban J connectivity index is 1.48. The number of piperazine rings is 1. The van der Waals surface area contributed by atoms with Crippen LogP contribution in [0.2, 0.25) is 0 Å². The number of anilines is 1. The Hall–Kier alpha value is -3.18. The van der Waals surface area contributed by atoms with Crippen molar-refractivity contribution in [1.82, 2.24) is 9.21 Å². The highest BCUT2D eigenvalue weighted by Crippen LogP contribution is 2.23. The van der Waals surface area contributed by atoms with Gasteiger partial charge in [0.25, 0.3) is 5.69 Å². The van der Waals surface area contributed by atoms with E-state index in [9.17, 15) is 23.3 Å². The van der Waals surface area contributed by atoms with E-state index < -0.39 is 14.9 Å². The molecule has 1 aliphatic rings. The molecule has 0 atom stereocenters. The maximum absolute atomic E-state index is 12.7. The molecule has 1 fully saturated rings. The number of nitro benzene ring substituents is 1. The van der Waals surface area contributed by atoms with Crippen LogP contribution in [0.25, 0.3) is 0 Å². The van der Waals surface area contributed by atoms with Gasteiger partial charge in [-0.3, -0.25) is 14.9 Å². The third-order valence-corrected chi connectivity index (χ3v) is 6.97. The van der Waals surface area contributed by atoms with Crippen molar-refractivity contribution in [1.29, 1.82) is 0 Å². The summed E-state index contributed by atoms with van der Waals surface area (Å²) in [6.45, 7) is 2.75. The Labute approximate surface area is 180 Å². The van der Waals surface area contributed by atoms with E-state index in [0.29, 0.717) is 30.1 Å². The molecule has 0 radical (unpaired) electrons. The fourth-order valence-corrected chi connectivity index (χ4v) is 4.73. The number of nitro groups is 1. The second kappa shape index (κ2) is 9.31. The van der Waals surface area contributed by atoms with Crippen LogP contribution < -0.4 is 10.5 Å². The summed E-state index contributed by atoms with van der Waals surface area (Å²) in [4.78, 5) is 24.6. The summed E-state index contributed by atoms with van der Waals surface area (Å²) in [6, 6.07) is 10.4. The number of nitrogen functional groups attached to an aromatic ring is 1. The first-order valence-electron chi connectivity index (χ1n) is 9.70. The van der Waals surface area contributed by atoms with Crippen molar-refractivity contribution in [2.24, 2.45) is 0 Å². The quantitative estimate of drug-likeness (QED) is 0.387. The van der Waals surface area contributed by atoms with Crippen LogP contribution in [0.4, 0.5) is 11.4 Å². The average Bonchev–Trinajstić information content (AvgIpc) is 2.74. The number of amides is 1. The van der Waals surface area contributed by atoms with E-state index in [2.05, 4.69) is 0 Å². The van der Waals surface area contributed by atoms with E-state index in [1.54, 1.807) is 30.0 Å². The van der Waals surface area contributed by atoms with Gasteiger partial charge in [0.1, 0.15) is 5.75 Å². The highest BCUT2D eigenvalue weighted by Gasteiger charge is 2.30. The van der Waals surface area contributed by atoms with Gasteiger partial charge in [0.2, 0.25) is 15.9 Å². The molecule has 0 saturated carbocycles. The third-order valence-electron chi connectivity index (χ3n) is 5.06. The number of nitrogens with two attached hydrogens (primary N) is 1. The molecule has 166 valence electrons. The van der Waals surface area contributed by atoms with Gasteiger partial charge in [0.05, 0.1) is 22.8 Å². The first-order chi connectivity index (χ1) is 14.7. The lowest BCUT2D eigenvalue weighted by Gasteiger charge is -2.34. The highest BCUT2D eigenvalue weighted by molar-refractivity contribution is 7.89. The van der Waals surface area contributed by atoms with Crippen molar-refractivity contribution < 1.29 is 22.9 Å². The number of carbonyl (C=O) groups excluding carboxylic acids is 1. The molecule has 3 rings (SSSR count). The van der Waals surface area contributed by atoms with Gasteiger partial charge in [0.15, 0.2) is 0 Å². The normalized spacial score (nSPS) is 14.9. The molecule has 11 heteroatoms. The molecule has 0 bridgehead atoms. The number of hydrogen-bond acceptors (Lipinski definition) is 7. The molecule has 1 heterocycles. The molecule has 0 spiro atoms. The second-order valence-corrected chi connectivity index (χ2v) is 9.10. The highest BCUT2D eigenvalue weighted by atomic mass is 32.2. The minimum atomic E-state index is -3.63. The van der Waals surface area contributed by atoms with Crippen LogP contribution in [-0.2, 0) is 14.8 Å². The molecular weight excluding hydrogens is 424 g/mol. The minimum Gasteiger partial charge on any atom is -0.493 e. The Morgan fingerprint density at radius 3 is 2.35 bits per heavy atom. The molecule has 0 aliphatic carbocycles. The van der Waals surface area contributed by atoms with E-state index in [0.717, 1.165) is 0 Å². The molecule has 2 aromatic rings. The summed E-state index contributed by atoms with van der Waals surface area (Å²) in [5, 5.41) is 10.9. The lowest BCUT2D eigenvalue weighted by molar-refractivity contribution is -0.385. The zero-order valence-corrected chi connectivity index (χ0v) is 17.9. The third kappa shape index (κ3) is 5.30. The molecular formula is C20H24N4O6S. The number of aryl methyl sites for hydroxylation is 1. The molecule has 0 unspecified atom stereocenters. The summed E-state index contributed by atoms with van der Waals surface area (Å²) >= 11 is 0. The fourth-order valence-electron chi connectivity index (χ4n) is 3.30. The van der Waals surface area contributed by atoms with Gasteiger partial charge in [-0.05, 0) is 43.3 Å². The molecule has 2 aromatic carbocycles. The fraction of sp³-hybridized carbons (Fsp3) is 0.350. The van der Waals surface area contributed by atoms with Crippen LogP contribution in [0.15, 0.2) is 47.4 Å². The first kappa shape index (κ1) is 22.5. The number of rotatable bonds is 7. The van der Waals surface area contributed by atoms with Gasteiger partial charge >= 0.3 is 0 Å². The minimum absolute atomic E-state index is 0.00946. The lowest BCUT2D eigenvalue weighted by atomic mass is 10.2. The van der Waals surface area contributed by atoms with E-state index >= 15 is 0 Å². The number of nitrogens with zero attached hydrogens (tertiary/aromatic N) is 3. The number of hydrogen-bond donors (Lipinski definition) is 1. The summed E-state index contributed by atoms with van der Waals surface area (Å²) in [7, 11) is -3.63. The van der Waals surface area contributed by atoms with Crippen LogP contribution >= 0.6 is 0 Å². The van der Waals surface area contributed by atoms with Gasteiger partial charge in [-0.15, -0.1) is 0 Å². The molecule has 2 N–H and O–H groups in total. The van der Waals surface area contributed by atoms with Crippen LogP contribution in [0, 0.1) is 17.0 Å². The number of sulfonamides is 1. The van der Waals surface area contributed by atoms with Gasteiger partial charge in [0, 0.05) is 43.5 Å². The largest absolute Gasteiger partial charge is 0.493 e. The maximum atomic E-state index is 12.7. The van der Waals surface area contributed by atoms with Crippen molar-refractivity contribution >= 4 is 27.3 Å². The molecule has 1 amide bonds. The molecule has 10 nitrogen and oxygen atoms in total. The Morgan fingerprint density at radius 2 is 1.77 bits per heavy atom. The summed E-state index contributed by atoms with van der Waals surface area (Å²) in [6.07, 6.45) is 0.126. The topological polar surface area (TPSA) is 136 Å². The maximum Gasteiger partial charge on any atom is 0.272 e. The zero-order chi connectivity index (χ0) is 22.6. The Bertz CT molecular complexity index is 1060. The predicted molar refractivity (Wildman–Crippen MR) is 114 cm³/mol. The zero-order valence-electron chi connectivity index (χ0n) is 17.1. The summed E-state index contributed by atoms with van der Waals surface area (Å²) < 4.78 is 32.3. The van der Waals surface area contributed by atoms with Crippen LogP contribution in [-0.4, -0.2) is 61.2 Å². The SMILES string of the molecule is Cc1cc(OCCC(=O)N2CCN(S(=O)(=O)c3ccc(N)cc3)CC2)ccc1[N+](=O)[O-]. The molecule has 0 aromatic heterocycles. The van der Waals surface area contributed by atoms with Gasteiger partial charge in [-0.1, -0.05) is 0 Å². The van der Waals surface area contributed by atoms with Crippen LogP contribution in [0.3, 0.4) is 0 Å². The first-order valence-corrected chi connectivity index (χ1v) is 11.1. The Morgan fingerprint density at radius 1 is 1.13 bits per heavy atom. The monoisotopic (exact) mass is 448 g/mol. The van der Waals surface area contributed by atoms with Crippen LogP contribution in [0.5, 0.6) is 5.75 Å². The number of carbonyl (C=O) groups is 1. The molecule has 1 saturated heterocycles. The summed E-state index contributed by atoms with van der Waals surface area (Å²) in [5.74, 6) is 0.318. The van der Waals surface area contributed by atoms with E-state index in [-0.39, 0.29) is 42.6 Å². The van der Waals surface area contributed by atoms with E-state index in [4.69, 9.17) is 10.5 Å². The summed E-state index contributed by atoms with van der Waals surface area (Å²) in [5.41, 5.74) is 6.59. The standard InChI is InChI=1S/C20H24N4O6S/c1-15-14-17(4-7-19(15)24(26)27)30-13-8-20(25)22-9-11-23(12-10-22)31(28,29)18-5-2-16(21)3-6-18/h2-7,14H,8-13,21H2,1H3. The van der Waals surface area contributed by atoms with E-state index in [1.165, 1.54) is 28.6 Å². The average molecular weight is 449 g/mol. The van der Waals surface area contributed by atoms with Crippen molar-refractivity contribution in [2.75, 3.05) is 38.5 Å². The number of ether oxygens (including phenoxy) is 1. The van der Waals surface area contributed by atoms with Crippen molar-refractivity contribution in [3.8, 4) is 5.75 Å². The van der Waals surface area contributed by atoms with Crippen LogP contribution in [0.1, 0.15) is 12.0 Å². The van der Waals surface area contributed by atoms with Gasteiger partial charge in [-0.2, -0.15) is 4.31 Å². The second-order valence-electron chi connectivity index (χ2n) is 7.16. The number of benzene rings is 2. The van der Waals surface area contributed by atoms with Gasteiger partial charge < -0.3 is 15.4 Å². The molecule has 1 aliphatic heterocycles. The molecule has 31 heavy (non-hydrogen) atoms. The van der Waals surface area contributed by atoms with Crippen molar-refractivity contribution in [3.05, 3.63) is 58.1 Å². The smallest absolute Gasteiger partial charge is 0.272 e. The predicted octanol–water partition coefficient (Wildman–Crippen LogP) is 1.79. The lowest BCUT2D eigenvalue weighted by Crippen LogP contribution is -2.50. The van der Waals surface area contributed by atoms with Crippen molar-refractivity contribution in [3.63, 3.8) is 0 Å². The van der Waals surface area contributed by atoms with E-state index in [1.807, 2.05) is 0 Å². The Kier molecular flexibility index (Phi) is 6.76. The van der Waals surface area contributed by atoms with Gasteiger partial charge in [-0.25, -0.2) is 8.42 Å². The van der Waals surface area contributed by atoms with Crippen molar-refractivity contribution in [2.45, 2.75) is 18.2 Å².